The molecule has 1 amide bonds. The highest BCUT2D eigenvalue weighted by Crippen LogP contribution is 2.17. The molecule has 3 rings (SSSR count). The van der Waals surface area contributed by atoms with Gasteiger partial charge in [-0.1, -0.05) is 0 Å². The third kappa shape index (κ3) is 4.98. The minimum Gasteiger partial charge on any atom is -0.475 e. The van der Waals surface area contributed by atoms with Crippen LogP contribution in [0.3, 0.4) is 0 Å². The number of hydrogen-bond donors (Lipinski definition) is 1. The van der Waals surface area contributed by atoms with Crippen LogP contribution in [0.15, 0.2) is 64.1 Å². The Morgan fingerprint density at radius 1 is 1.10 bits per heavy atom. The summed E-state index contributed by atoms with van der Waals surface area (Å²) in [5, 5.41) is 10.7. The number of carbonyl (C=O) groups excluding carboxylic acids is 1. The number of amides is 1. The van der Waals surface area contributed by atoms with Crippen LogP contribution in [0.1, 0.15) is 10.4 Å². The topological polar surface area (TPSA) is 115 Å². The second-order valence-electron chi connectivity index (χ2n) is 6.15. The number of carbonyl (C=O) groups is 1. The van der Waals surface area contributed by atoms with Gasteiger partial charge in [0.05, 0.1) is 17.7 Å². The van der Waals surface area contributed by atoms with Crippen LogP contribution in [0.4, 0.5) is 0 Å². The van der Waals surface area contributed by atoms with Crippen molar-refractivity contribution in [1.29, 1.82) is 0 Å². The smallest absolute Gasteiger partial charge is 0.251 e. The third-order valence-electron chi connectivity index (χ3n) is 3.95. The number of rotatable bonds is 8. The zero-order valence-corrected chi connectivity index (χ0v) is 16.7. The average Bonchev–Trinajstić information content (AvgIpc) is 3.26. The van der Waals surface area contributed by atoms with E-state index in [1.807, 2.05) is 0 Å². The first-order valence-electron chi connectivity index (χ1n) is 8.69. The average molecular weight is 416 g/mol. The second kappa shape index (κ2) is 8.84. The van der Waals surface area contributed by atoms with Crippen LogP contribution >= 0.6 is 0 Å². The van der Waals surface area contributed by atoms with E-state index in [1.54, 1.807) is 30.5 Å². The molecule has 29 heavy (non-hydrogen) atoms. The molecule has 9 nitrogen and oxygen atoms in total. The Hall–Kier alpha value is -3.24. The Morgan fingerprint density at radius 2 is 1.86 bits per heavy atom. The van der Waals surface area contributed by atoms with Gasteiger partial charge in [0.2, 0.25) is 15.9 Å². The van der Waals surface area contributed by atoms with E-state index in [0.717, 1.165) is 4.31 Å². The molecule has 0 aliphatic rings. The maximum atomic E-state index is 12.2. The van der Waals surface area contributed by atoms with Gasteiger partial charge in [-0.05, 0) is 42.5 Å². The summed E-state index contributed by atoms with van der Waals surface area (Å²) in [7, 11) is -0.627. The van der Waals surface area contributed by atoms with E-state index in [4.69, 9.17) is 9.15 Å². The molecule has 152 valence electrons. The van der Waals surface area contributed by atoms with Crippen molar-refractivity contribution in [2.75, 3.05) is 27.2 Å². The lowest BCUT2D eigenvalue weighted by atomic mass is 10.2. The van der Waals surface area contributed by atoms with Crippen molar-refractivity contribution in [1.82, 2.24) is 19.8 Å². The Labute approximate surface area is 168 Å². The van der Waals surface area contributed by atoms with Gasteiger partial charge in [-0.2, -0.15) is 0 Å². The maximum absolute atomic E-state index is 12.2. The lowest BCUT2D eigenvalue weighted by Crippen LogP contribution is -2.28. The lowest BCUT2D eigenvalue weighted by Gasteiger charge is -2.11. The van der Waals surface area contributed by atoms with Gasteiger partial charge in [0.1, 0.15) is 12.3 Å². The molecule has 1 N–H and O–H groups in total. The van der Waals surface area contributed by atoms with Crippen LogP contribution in [0, 0.1) is 0 Å². The first-order valence-corrected chi connectivity index (χ1v) is 10.1. The predicted octanol–water partition coefficient (Wildman–Crippen LogP) is 1.80. The fourth-order valence-electron chi connectivity index (χ4n) is 2.36. The summed E-state index contributed by atoms with van der Waals surface area (Å²) >= 11 is 0. The molecule has 2 aromatic heterocycles. The summed E-state index contributed by atoms with van der Waals surface area (Å²) in [5.74, 6) is 0.607. The van der Waals surface area contributed by atoms with Crippen LogP contribution in [0.5, 0.6) is 5.88 Å². The molecule has 0 aliphatic heterocycles. The van der Waals surface area contributed by atoms with Gasteiger partial charge >= 0.3 is 0 Å². The third-order valence-corrected chi connectivity index (χ3v) is 5.78. The first-order chi connectivity index (χ1) is 13.9. The van der Waals surface area contributed by atoms with Crippen molar-refractivity contribution in [2.24, 2.45) is 0 Å². The monoisotopic (exact) mass is 416 g/mol. The SMILES string of the molecule is CN(C)S(=O)(=O)c1ccc(C(=O)NCCOc2ccc(-c3ccco3)nn2)cc1. The second-order valence-corrected chi connectivity index (χ2v) is 8.30. The summed E-state index contributed by atoms with van der Waals surface area (Å²) < 4.78 is 35.9. The molecular weight excluding hydrogens is 396 g/mol. The number of hydrogen-bond acceptors (Lipinski definition) is 7. The number of aromatic nitrogens is 2. The summed E-state index contributed by atoms with van der Waals surface area (Å²) in [6.07, 6.45) is 1.55. The summed E-state index contributed by atoms with van der Waals surface area (Å²) in [6, 6.07) is 12.7. The van der Waals surface area contributed by atoms with E-state index in [2.05, 4.69) is 15.5 Å². The van der Waals surface area contributed by atoms with Gasteiger partial charge in [-0.25, -0.2) is 12.7 Å². The molecule has 0 aliphatic carbocycles. The molecule has 0 unspecified atom stereocenters. The highest BCUT2D eigenvalue weighted by atomic mass is 32.2. The van der Waals surface area contributed by atoms with Gasteiger partial charge in [-0.3, -0.25) is 4.79 Å². The zero-order chi connectivity index (χ0) is 20.9. The van der Waals surface area contributed by atoms with Gasteiger partial charge in [0, 0.05) is 25.7 Å². The highest BCUT2D eigenvalue weighted by molar-refractivity contribution is 7.89. The van der Waals surface area contributed by atoms with E-state index in [9.17, 15) is 13.2 Å². The van der Waals surface area contributed by atoms with Gasteiger partial charge in [0.25, 0.3) is 5.91 Å². The fourth-order valence-corrected chi connectivity index (χ4v) is 3.27. The molecule has 0 saturated carbocycles. The molecule has 0 bridgehead atoms. The highest BCUT2D eigenvalue weighted by Gasteiger charge is 2.17. The molecule has 2 heterocycles. The first kappa shape index (κ1) is 20.5. The quantitative estimate of drug-likeness (QED) is 0.557. The zero-order valence-electron chi connectivity index (χ0n) is 15.9. The Morgan fingerprint density at radius 3 is 2.45 bits per heavy atom. The minimum absolute atomic E-state index is 0.124. The van der Waals surface area contributed by atoms with E-state index < -0.39 is 10.0 Å². The van der Waals surface area contributed by atoms with Crippen LogP contribution < -0.4 is 10.1 Å². The normalized spacial score (nSPS) is 11.4. The Balaban J connectivity index is 1.47. The molecule has 10 heteroatoms. The van der Waals surface area contributed by atoms with Crippen molar-refractivity contribution in [2.45, 2.75) is 4.90 Å². The Bertz CT molecular complexity index is 1050. The van der Waals surface area contributed by atoms with E-state index in [1.165, 1.54) is 38.4 Å². The number of ether oxygens (including phenoxy) is 1. The van der Waals surface area contributed by atoms with E-state index in [-0.39, 0.29) is 24.0 Å². The van der Waals surface area contributed by atoms with Gasteiger partial charge in [0.15, 0.2) is 5.76 Å². The van der Waals surface area contributed by atoms with E-state index >= 15 is 0 Å². The number of nitrogens with zero attached hydrogens (tertiary/aromatic N) is 3. The van der Waals surface area contributed by atoms with Crippen molar-refractivity contribution >= 4 is 15.9 Å². The molecule has 0 atom stereocenters. The van der Waals surface area contributed by atoms with Crippen molar-refractivity contribution in [3.8, 4) is 17.3 Å². The Kier molecular flexibility index (Phi) is 6.25. The van der Waals surface area contributed by atoms with Crippen molar-refractivity contribution < 1.29 is 22.4 Å². The van der Waals surface area contributed by atoms with E-state index in [0.29, 0.717) is 22.9 Å². The predicted molar refractivity (Wildman–Crippen MR) is 105 cm³/mol. The summed E-state index contributed by atoms with van der Waals surface area (Å²) in [4.78, 5) is 12.3. The summed E-state index contributed by atoms with van der Waals surface area (Å²) in [6.45, 7) is 0.450. The standard InChI is InChI=1S/C19H20N4O5S/c1-23(2)29(25,26)15-7-5-14(6-8-15)19(24)20-11-13-28-18-10-9-16(21-22-18)17-4-3-12-27-17/h3-10,12H,11,13H2,1-2H3,(H,20,24). The molecule has 3 aromatic rings. The van der Waals surface area contributed by atoms with Gasteiger partial charge < -0.3 is 14.5 Å². The molecule has 1 aromatic carbocycles. The number of sulfonamides is 1. The number of benzene rings is 1. The molecule has 0 fully saturated rings. The molecular formula is C19H20N4O5S. The molecule has 0 radical (unpaired) electrons. The largest absolute Gasteiger partial charge is 0.475 e. The number of furan rings is 1. The van der Waals surface area contributed by atoms with Crippen molar-refractivity contribution in [3.05, 3.63) is 60.4 Å². The van der Waals surface area contributed by atoms with Crippen molar-refractivity contribution in [3.63, 3.8) is 0 Å². The number of nitrogens with one attached hydrogen (secondary N) is 1. The van der Waals surface area contributed by atoms with Crippen LogP contribution in [-0.4, -0.2) is 56.1 Å². The van der Waals surface area contributed by atoms with Crippen LogP contribution in [-0.2, 0) is 10.0 Å². The summed E-state index contributed by atoms with van der Waals surface area (Å²) in [5.41, 5.74) is 0.945. The van der Waals surface area contributed by atoms with Gasteiger partial charge in [-0.15, -0.1) is 10.2 Å². The fraction of sp³-hybridized carbons (Fsp3) is 0.211. The van der Waals surface area contributed by atoms with Crippen LogP contribution in [0.25, 0.3) is 11.5 Å². The molecule has 0 saturated heterocycles. The van der Waals surface area contributed by atoms with Crippen LogP contribution in [0.2, 0.25) is 0 Å². The molecule has 0 spiro atoms. The maximum Gasteiger partial charge on any atom is 0.251 e. The lowest BCUT2D eigenvalue weighted by molar-refractivity contribution is 0.0946. The minimum atomic E-state index is -3.53.